The van der Waals surface area contributed by atoms with Crippen molar-refractivity contribution >= 4 is 56.8 Å². The Bertz CT molecular complexity index is 1280. The molecule has 1 saturated heterocycles. The van der Waals surface area contributed by atoms with Crippen LogP contribution >= 0.6 is 39.1 Å². The maximum atomic E-state index is 13.2. The topological polar surface area (TPSA) is 56.6 Å². The maximum absolute atomic E-state index is 13.2. The van der Waals surface area contributed by atoms with Gasteiger partial charge in [0.05, 0.1) is 10.0 Å². The van der Waals surface area contributed by atoms with E-state index in [0.717, 1.165) is 15.7 Å². The Hall–Kier alpha value is -2.98. The summed E-state index contributed by atoms with van der Waals surface area (Å²) in [6.07, 6.45) is 1.58. The van der Waals surface area contributed by atoms with Crippen molar-refractivity contribution in [2.24, 2.45) is 0 Å². The number of ether oxygens (including phenoxy) is 1. The van der Waals surface area contributed by atoms with E-state index in [9.17, 15) is 10.1 Å². The summed E-state index contributed by atoms with van der Waals surface area (Å²) < 4.78 is 6.81. The van der Waals surface area contributed by atoms with E-state index >= 15 is 0 Å². The van der Waals surface area contributed by atoms with Crippen molar-refractivity contribution in [3.05, 3.63) is 97.9 Å². The molecule has 1 aliphatic heterocycles. The SMILES string of the molecule is N#C/C(=C/c1cc(Br)ccc1OCc1ccc(Cl)c(Cl)c1)C(=O)N1CCN(c2ccccc2)CC1. The third kappa shape index (κ3) is 6.37. The zero-order valence-corrected chi connectivity index (χ0v) is 21.9. The number of anilines is 1. The highest BCUT2D eigenvalue weighted by Gasteiger charge is 2.24. The molecule has 0 unspecified atom stereocenters. The quantitative estimate of drug-likeness (QED) is 0.248. The lowest BCUT2D eigenvalue weighted by Gasteiger charge is -2.36. The number of nitrogens with zero attached hydrogens (tertiary/aromatic N) is 3. The van der Waals surface area contributed by atoms with Crippen LogP contribution in [0.3, 0.4) is 0 Å². The van der Waals surface area contributed by atoms with Gasteiger partial charge in [0.1, 0.15) is 24.0 Å². The lowest BCUT2D eigenvalue weighted by molar-refractivity contribution is -0.126. The first-order valence-electron chi connectivity index (χ1n) is 11.0. The third-order valence-corrected chi connectivity index (χ3v) is 6.92. The van der Waals surface area contributed by atoms with E-state index in [2.05, 4.69) is 39.0 Å². The lowest BCUT2D eigenvalue weighted by Crippen LogP contribution is -2.49. The van der Waals surface area contributed by atoms with Crippen LogP contribution in [0, 0.1) is 11.3 Å². The van der Waals surface area contributed by atoms with Gasteiger partial charge in [0.25, 0.3) is 5.91 Å². The highest BCUT2D eigenvalue weighted by Crippen LogP contribution is 2.28. The minimum atomic E-state index is -0.282. The van der Waals surface area contributed by atoms with Crippen molar-refractivity contribution in [1.29, 1.82) is 5.26 Å². The summed E-state index contributed by atoms with van der Waals surface area (Å²) in [5.41, 5.74) is 2.68. The summed E-state index contributed by atoms with van der Waals surface area (Å²) in [6, 6.07) is 23.0. The number of halogens is 3. The van der Waals surface area contributed by atoms with Gasteiger partial charge in [0, 0.05) is 41.9 Å². The van der Waals surface area contributed by atoms with E-state index in [-0.39, 0.29) is 18.1 Å². The van der Waals surface area contributed by atoms with Crippen LogP contribution < -0.4 is 9.64 Å². The molecule has 0 atom stereocenters. The van der Waals surface area contributed by atoms with E-state index in [0.29, 0.717) is 47.5 Å². The average Bonchev–Trinajstić information content (AvgIpc) is 2.89. The molecule has 0 spiro atoms. The molecule has 0 aromatic heterocycles. The fourth-order valence-corrected chi connectivity index (χ4v) is 4.53. The monoisotopic (exact) mass is 569 g/mol. The Morgan fingerprint density at radius 3 is 2.43 bits per heavy atom. The molecule has 0 bridgehead atoms. The Morgan fingerprint density at radius 2 is 1.74 bits per heavy atom. The summed E-state index contributed by atoms with van der Waals surface area (Å²) in [7, 11) is 0. The molecule has 35 heavy (non-hydrogen) atoms. The highest BCUT2D eigenvalue weighted by molar-refractivity contribution is 9.10. The summed E-state index contributed by atoms with van der Waals surface area (Å²) in [6.45, 7) is 2.78. The first-order chi connectivity index (χ1) is 16.9. The maximum Gasteiger partial charge on any atom is 0.264 e. The summed E-state index contributed by atoms with van der Waals surface area (Å²) in [5.74, 6) is 0.268. The predicted octanol–water partition coefficient (Wildman–Crippen LogP) is 6.59. The van der Waals surface area contributed by atoms with Crippen molar-refractivity contribution in [1.82, 2.24) is 4.90 Å². The van der Waals surface area contributed by atoms with Crippen molar-refractivity contribution in [2.45, 2.75) is 6.61 Å². The largest absolute Gasteiger partial charge is 0.488 e. The molecule has 0 saturated carbocycles. The average molecular weight is 571 g/mol. The molecule has 4 rings (SSSR count). The smallest absolute Gasteiger partial charge is 0.264 e. The molecule has 1 heterocycles. The Labute approximate surface area is 223 Å². The number of benzene rings is 3. The first kappa shape index (κ1) is 25.1. The number of carbonyl (C=O) groups is 1. The van der Waals surface area contributed by atoms with Crippen molar-refractivity contribution in [3.8, 4) is 11.8 Å². The molecule has 5 nitrogen and oxygen atoms in total. The molecule has 8 heteroatoms. The second kappa shape index (κ2) is 11.6. The number of para-hydroxylation sites is 1. The molecule has 1 amide bonds. The van der Waals surface area contributed by atoms with Crippen molar-refractivity contribution < 1.29 is 9.53 Å². The third-order valence-electron chi connectivity index (χ3n) is 5.69. The van der Waals surface area contributed by atoms with Gasteiger partial charge < -0.3 is 14.5 Å². The predicted molar refractivity (Wildman–Crippen MR) is 144 cm³/mol. The molecule has 1 fully saturated rings. The molecular weight excluding hydrogens is 549 g/mol. The molecule has 3 aromatic carbocycles. The van der Waals surface area contributed by atoms with Gasteiger partial charge in [-0.05, 0) is 54.1 Å². The van der Waals surface area contributed by atoms with E-state index in [1.54, 1.807) is 29.2 Å². The molecular formula is C27H22BrCl2N3O2. The van der Waals surface area contributed by atoms with Crippen LogP contribution in [0.25, 0.3) is 6.08 Å². The number of carbonyl (C=O) groups excluding carboxylic acids is 1. The van der Waals surface area contributed by atoms with Crippen LogP contribution in [0.1, 0.15) is 11.1 Å². The van der Waals surface area contributed by atoms with Gasteiger partial charge in [0.15, 0.2) is 0 Å². The van der Waals surface area contributed by atoms with Crippen LogP contribution in [-0.2, 0) is 11.4 Å². The minimum absolute atomic E-state index is 0.0654. The van der Waals surface area contributed by atoms with Crippen LogP contribution in [0.5, 0.6) is 5.75 Å². The van der Waals surface area contributed by atoms with Crippen LogP contribution in [-0.4, -0.2) is 37.0 Å². The van der Waals surface area contributed by atoms with Gasteiger partial charge in [-0.15, -0.1) is 0 Å². The van der Waals surface area contributed by atoms with Gasteiger partial charge in [-0.2, -0.15) is 5.26 Å². The second-order valence-electron chi connectivity index (χ2n) is 8.00. The summed E-state index contributed by atoms with van der Waals surface area (Å²) >= 11 is 15.6. The Balaban J connectivity index is 1.48. The first-order valence-corrected chi connectivity index (χ1v) is 12.6. The number of piperazine rings is 1. The molecule has 0 radical (unpaired) electrons. The highest BCUT2D eigenvalue weighted by atomic mass is 79.9. The molecule has 0 N–H and O–H groups in total. The number of rotatable bonds is 6. The summed E-state index contributed by atoms with van der Waals surface area (Å²) in [5, 5.41) is 10.7. The van der Waals surface area contributed by atoms with E-state index in [1.807, 2.05) is 36.4 Å². The Kier molecular flexibility index (Phi) is 8.35. The molecule has 1 aliphatic rings. The fourth-order valence-electron chi connectivity index (χ4n) is 3.83. The number of hydrogen-bond donors (Lipinski definition) is 0. The number of amides is 1. The number of hydrogen-bond acceptors (Lipinski definition) is 4. The Morgan fingerprint density at radius 1 is 1.00 bits per heavy atom. The van der Waals surface area contributed by atoms with E-state index in [4.69, 9.17) is 27.9 Å². The molecule has 3 aromatic rings. The van der Waals surface area contributed by atoms with Crippen LogP contribution in [0.15, 0.2) is 76.8 Å². The zero-order valence-electron chi connectivity index (χ0n) is 18.8. The fraction of sp³-hybridized carbons (Fsp3) is 0.185. The van der Waals surface area contributed by atoms with Gasteiger partial charge in [0.2, 0.25) is 0 Å². The molecule has 178 valence electrons. The zero-order chi connectivity index (χ0) is 24.8. The normalized spacial score (nSPS) is 13.9. The van der Waals surface area contributed by atoms with E-state index < -0.39 is 0 Å². The standard InChI is InChI=1S/C27H22BrCl2N3O2/c28-22-7-9-26(35-18-19-6-8-24(29)25(30)14-19)20(16-22)15-21(17-31)27(34)33-12-10-32(11-13-33)23-4-2-1-3-5-23/h1-9,14-16H,10-13,18H2/b21-15-. The molecule has 0 aliphatic carbocycles. The van der Waals surface area contributed by atoms with Crippen molar-refractivity contribution in [3.63, 3.8) is 0 Å². The second-order valence-corrected chi connectivity index (χ2v) is 9.73. The number of nitriles is 1. The van der Waals surface area contributed by atoms with Gasteiger partial charge >= 0.3 is 0 Å². The van der Waals surface area contributed by atoms with Crippen LogP contribution in [0.2, 0.25) is 10.0 Å². The summed E-state index contributed by atoms with van der Waals surface area (Å²) in [4.78, 5) is 17.1. The van der Waals surface area contributed by atoms with E-state index in [1.165, 1.54) is 0 Å². The van der Waals surface area contributed by atoms with Gasteiger partial charge in [-0.1, -0.05) is 63.4 Å². The van der Waals surface area contributed by atoms with Crippen LogP contribution in [0.4, 0.5) is 5.69 Å². The van der Waals surface area contributed by atoms with Gasteiger partial charge in [-0.25, -0.2) is 0 Å². The van der Waals surface area contributed by atoms with Gasteiger partial charge in [-0.3, -0.25) is 4.79 Å². The minimum Gasteiger partial charge on any atom is -0.488 e. The lowest BCUT2D eigenvalue weighted by atomic mass is 10.1. The van der Waals surface area contributed by atoms with Crippen molar-refractivity contribution in [2.75, 3.05) is 31.1 Å².